The Morgan fingerprint density at radius 1 is 1.32 bits per heavy atom. The lowest BCUT2D eigenvalue weighted by Crippen LogP contribution is -2.47. The van der Waals surface area contributed by atoms with E-state index in [1.54, 1.807) is 17.0 Å². The van der Waals surface area contributed by atoms with Gasteiger partial charge in [-0.25, -0.2) is 0 Å². The van der Waals surface area contributed by atoms with Gasteiger partial charge in [-0.15, -0.1) is 0 Å². The minimum atomic E-state index is -1.09. The number of carbonyl (C=O) groups excluding carboxylic acids is 4. The first-order valence-electron chi connectivity index (χ1n) is 10.1. The lowest BCUT2D eigenvalue weighted by atomic mass is 10.00. The van der Waals surface area contributed by atoms with Gasteiger partial charge in [0.25, 0.3) is 5.91 Å². The molecule has 1 aliphatic carbocycles. The molecule has 2 aromatic rings. The number of piperidine rings is 1. The van der Waals surface area contributed by atoms with Crippen molar-refractivity contribution in [1.29, 1.82) is 0 Å². The minimum Gasteiger partial charge on any atom is -0.394 e. The number of nitrogens with zero attached hydrogens (tertiary/aromatic N) is 3. The van der Waals surface area contributed by atoms with Crippen molar-refractivity contribution < 1.29 is 24.3 Å². The summed E-state index contributed by atoms with van der Waals surface area (Å²) >= 11 is 0. The van der Waals surface area contributed by atoms with E-state index in [-0.39, 0.29) is 30.1 Å². The van der Waals surface area contributed by atoms with Crippen LogP contribution in [0.3, 0.4) is 0 Å². The number of hydrogen-bond acceptors (Lipinski definition) is 7. The van der Waals surface area contributed by atoms with Gasteiger partial charge in [-0.05, 0) is 43.4 Å². The van der Waals surface area contributed by atoms with Crippen molar-refractivity contribution in [3.8, 4) is 0 Å². The van der Waals surface area contributed by atoms with Crippen LogP contribution in [-0.2, 0) is 20.9 Å². The molecule has 2 fully saturated rings. The molecule has 4 atom stereocenters. The molecule has 1 aliphatic heterocycles. The molecule has 1 saturated carbocycles. The van der Waals surface area contributed by atoms with Gasteiger partial charge in [0.15, 0.2) is 5.69 Å². The number of rotatable bonds is 7. The van der Waals surface area contributed by atoms with E-state index in [9.17, 15) is 19.2 Å². The fourth-order valence-corrected chi connectivity index (χ4v) is 4.66. The number of primary amides is 1. The predicted molar refractivity (Wildman–Crippen MR) is 110 cm³/mol. The van der Waals surface area contributed by atoms with Crippen LogP contribution in [0.4, 0.5) is 5.69 Å². The molecule has 0 radical (unpaired) electrons. The number of fused-ring (bicyclic) bond motifs is 3. The Morgan fingerprint density at radius 3 is 2.77 bits per heavy atom. The van der Waals surface area contributed by atoms with Crippen LogP contribution in [0.25, 0.3) is 10.9 Å². The quantitative estimate of drug-likeness (QED) is 0.408. The maximum Gasteiger partial charge on any atom is 0.269 e. The molecule has 1 saturated heterocycles. The Kier molecular flexibility index (Phi) is 5.46. The molecular weight excluding hydrogens is 404 g/mol. The summed E-state index contributed by atoms with van der Waals surface area (Å²) in [5.74, 6) is -1.40. The molecule has 3 amide bonds. The highest BCUT2D eigenvalue weighted by molar-refractivity contribution is 6.06. The smallest absolute Gasteiger partial charge is 0.269 e. The van der Waals surface area contributed by atoms with Crippen LogP contribution >= 0.6 is 0 Å². The summed E-state index contributed by atoms with van der Waals surface area (Å²) in [5, 5.41) is 16.1. The van der Waals surface area contributed by atoms with E-state index in [1.807, 2.05) is 0 Å². The molecule has 11 heteroatoms. The molecule has 4 unspecified atom stereocenters. The van der Waals surface area contributed by atoms with Gasteiger partial charge in [-0.3, -0.25) is 19.1 Å². The average molecular weight is 428 g/mol. The number of anilines is 1. The molecule has 0 spiro atoms. The third-order valence-electron chi connectivity index (χ3n) is 6.14. The molecule has 2 aliphatic rings. The Hall–Kier alpha value is -3.31. The van der Waals surface area contributed by atoms with E-state index in [0.717, 1.165) is 25.5 Å². The molecule has 1 aromatic heterocycles. The van der Waals surface area contributed by atoms with Crippen LogP contribution in [-0.4, -0.2) is 68.5 Å². The summed E-state index contributed by atoms with van der Waals surface area (Å²) in [7, 11) is 0. The summed E-state index contributed by atoms with van der Waals surface area (Å²) < 4.78 is 1.39. The third kappa shape index (κ3) is 3.66. The van der Waals surface area contributed by atoms with E-state index < -0.39 is 30.5 Å². The normalized spacial score (nSPS) is 23.2. The molecular formula is C20H24N6O5. The number of likely N-dealkylation sites (tertiary alicyclic amines) is 1. The van der Waals surface area contributed by atoms with Crippen LogP contribution in [0.5, 0.6) is 0 Å². The molecule has 11 nitrogen and oxygen atoms in total. The third-order valence-corrected chi connectivity index (χ3v) is 6.14. The van der Waals surface area contributed by atoms with Crippen molar-refractivity contribution in [2.75, 3.05) is 11.9 Å². The van der Waals surface area contributed by atoms with Gasteiger partial charge in [-0.2, -0.15) is 5.10 Å². The summed E-state index contributed by atoms with van der Waals surface area (Å²) in [6.45, 7) is -0.654. The van der Waals surface area contributed by atoms with E-state index in [4.69, 9.17) is 16.6 Å². The van der Waals surface area contributed by atoms with Crippen LogP contribution in [0, 0.1) is 5.92 Å². The Morgan fingerprint density at radius 2 is 2.10 bits per heavy atom. The van der Waals surface area contributed by atoms with Crippen molar-refractivity contribution in [1.82, 2.24) is 14.7 Å². The standard InChI is InChI=1S/C20H24N6O5/c21-14(8-27)20(31)23-11-2-4-15-13(6-11)18(19(22)30)24-25(15)7-17(29)26-12-3-1-10(5-12)16(26)9-28/h2,4,6,9-10,12,14,16,27H,1,3,5,7-8,21H2,(H2,22,30)(H,23,31). The second kappa shape index (κ2) is 8.08. The molecule has 6 N–H and O–H groups in total. The highest BCUT2D eigenvalue weighted by Crippen LogP contribution is 2.41. The number of nitrogens with two attached hydrogens (primary N) is 2. The Balaban J connectivity index is 1.62. The fraction of sp³-hybridized carbons (Fsp3) is 0.450. The molecule has 2 bridgehead atoms. The van der Waals surface area contributed by atoms with Crippen molar-refractivity contribution in [3.63, 3.8) is 0 Å². The maximum atomic E-state index is 13.0. The largest absolute Gasteiger partial charge is 0.394 e. The van der Waals surface area contributed by atoms with E-state index in [1.165, 1.54) is 10.7 Å². The van der Waals surface area contributed by atoms with Gasteiger partial charge in [0.05, 0.1) is 18.2 Å². The number of nitrogens with one attached hydrogen (secondary N) is 1. The second-order valence-electron chi connectivity index (χ2n) is 8.04. The van der Waals surface area contributed by atoms with Gasteiger partial charge in [0.2, 0.25) is 11.8 Å². The zero-order valence-electron chi connectivity index (χ0n) is 16.7. The zero-order chi connectivity index (χ0) is 22.3. The van der Waals surface area contributed by atoms with Crippen molar-refractivity contribution in [2.24, 2.45) is 17.4 Å². The number of aldehydes is 1. The van der Waals surface area contributed by atoms with Crippen LogP contribution in [0.1, 0.15) is 29.8 Å². The van der Waals surface area contributed by atoms with Crippen LogP contribution < -0.4 is 16.8 Å². The van der Waals surface area contributed by atoms with E-state index in [2.05, 4.69) is 10.4 Å². The lowest BCUT2D eigenvalue weighted by Gasteiger charge is -2.32. The number of hydrogen-bond donors (Lipinski definition) is 4. The molecule has 1 aromatic carbocycles. The summed E-state index contributed by atoms with van der Waals surface area (Å²) in [4.78, 5) is 50.0. The number of amides is 3. The highest BCUT2D eigenvalue weighted by atomic mass is 16.3. The van der Waals surface area contributed by atoms with Gasteiger partial charge in [0.1, 0.15) is 18.9 Å². The molecule has 31 heavy (non-hydrogen) atoms. The van der Waals surface area contributed by atoms with Crippen molar-refractivity contribution >= 4 is 40.6 Å². The van der Waals surface area contributed by atoms with Gasteiger partial charge in [-0.1, -0.05) is 0 Å². The van der Waals surface area contributed by atoms with Gasteiger partial charge < -0.3 is 31.6 Å². The predicted octanol–water partition coefficient (Wildman–Crippen LogP) is -1.03. The fourth-order valence-electron chi connectivity index (χ4n) is 4.66. The Labute approximate surface area is 177 Å². The number of benzene rings is 1. The van der Waals surface area contributed by atoms with Crippen molar-refractivity contribution in [2.45, 2.75) is 43.9 Å². The second-order valence-corrected chi connectivity index (χ2v) is 8.04. The average Bonchev–Trinajstić information content (AvgIpc) is 3.45. The Bertz CT molecular complexity index is 1070. The summed E-state index contributed by atoms with van der Waals surface area (Å²) in [5.41, 5.74) is 11.7. The maximum absolute atomic E-state index is 13.0. The molecule has 164 valence electrons. The van der Waals surface area contributed by atoms with Crippen LogP contribution in [0.2, 0.25) is 0 Å². The first-order chi connectivity index (χ1) is 14.8. The monoisotopic (exact) mass is 428 g/mol. The van der Waals surface area contributed by atoms with Gasteiger partial charge in [0, 0.05) is 17.1 Å². The molecule has 2 heterocycles. The topological polar surface area (TPSA) is 174 Å². The SMILES string of the molecule is NC(=O)c1nn(CC(=O)N2C3CCC(C3)C2C=O)c2ccc(NC(=O)C(N)CO)cc12. The van der Waals surface area contributed by atoms with Gasteiger partial charge >= 0.3 is 0 Å². The number of aromatic nitrogens is 2. The van der Waals surface area contributed by atoms with E-state index in [0.29, 0.717) is 16.6 Å². The number of carbonyl (C=O) groups is 4. The molecule has 4 rings (SSSR count). The van der Waals surface area contributed by atoms with E-state index >= 15 is 0 Å². The lowest BCUT2D eigenvalue weighted by molar-refractivity contribution is -0.139. The summed E-state index contributed by atoms with van der Waals surface area (Å²) in [6.07, 6.45) is 3.50. The number of aliphatic hydroxyl groups excluding tert-OH is 1. The first kappa shape index (κ1) is 20.9. The summed E-state index contributed by atoms with van der Waals surface area (Å²) in [6, 6.07) is 3.24. The zero-order valence-corrected chi connectivity index (χ0v) is 16.7. The highest BCUT2D eigenvalue weighted by Gasteiger charge is 2.47. The van der Waals surface area contributed by atoms with Crippen molar-refractivity contribution in [3.05, 3.63) is 23.9 Å². The minimum absolute atomic E-state index is 0.0414. The first-order valence-corrected chi connectivity index (χ1v) is 10.1. The van der Waals surface area contributed by atoms with Crippen LogP contribution in [0.15, 0.2) is 18.2 Å². The number of aliphatic hydroxyl groups is 1.